The highest BCUT2D eigenvalue weighted by molar-refractivity contribution is 6.02. The van der Waals surface area contributed by atoms with Gasteiger partial charge in [0.2, 0.25) is 5.91 Å². The highest BCUT2D eigenvalue weighted by Crippen LogP contribution is 2.36. The first-order valence-electron chi connectivity index (χ1n) is 4.98. The van der Waals surface area contributed by atoms with Crippen LogP contribution in [0.1, 0.15) is 35.7 Å². The first kappa shape index (κ1) is 9.90. The van der Waals surface area contributed by atoms with E-state index in [1.54, 1.807) is 13.0 Å². The average Bonchev–Trinajstić information content (AvgIpc) is 2.24. The minimum absolute atomic E-state index is 0.101. The van der Waals surface area contributed by atoms with Crippen LogP contribution in [0.3, 0.4) is 0 Å². The Bertz CT molecular complexity index is 439. The number of Topliss-reactive ketones (excluding diaryl/α,β-unsaturated/α-hetero) is 1. The van der Waals surface area contributed by atoms with Crippen molar-refractivity contribution >= 4 is 11.7 Å². The second-order valence-electron chi connectivity index (χ2n) is 4.17. The minimum atomic E-state index is -0.690. The smallest absolute Gasteiger partial charge is 0.227 e. The Labute approximate surface area is 88.3 Å². The summed E-state index contributed by atoms with van der Waals surface area (Å²) in [5.41, 5.74) is 6.14. The van der Waals surface area contributed by atoms with Gasteiger partial charge in [-0.25, -0.2) is 0 Å². The molecule has 1 atom stereocenters. The molecule has 1 aromatic carbocycles. The summed E-state index contributed by atoms with van der Waals surface area (Å²) in [6.07, 6.45) is 0.911. The molecule has 1 aliphatic rings. The maximum Gasteiger partial charge on any atom is 0.227 e. The Kier molecular flexibility index (Phi) is 2.11. The maximum atomic E-state index is 11.6. The highest BCUT2D eigenvalue weighted by Gasteiger charge is 2.39. The molecule has 78 valence electrons. The molecule has 1 amide bonds. The number of carbonyl (C=O) groups excluding carboxylic acids is 2. The Balaban J connectivity index is 2.63. The van der Waals surface area contributed by atoms with Crippen molar-refractivity contribution in [3.63, 3.8) is 0 Å². The molecule has 3 nitrogen and oxygen atoms in total. The van der Waals surface area contributed by atoms with E-state index in [1.807, 2.05) is 18.2 Å². The average molecular weight is 203 g/mol. The van der Waals surface area contributed by atoms with E-state index in [1.165, 1.54) is 0 Å². The lowest BCUT2D eigenvalue weighted by Crippen LogP contribution is -2.42. The molecule has 2 rings (SSSR count). The zero-order valence-electron chi connectivity index (χ0n) is 8.62. The van der Waals surface area contributed by atoms with Crippen LogP contribution >= 0.6 is 0 Å². The summed E-state index contributed by atoms with van der Waals surface area (Å²) in [5, 5.41) is 0. The molecule has 0 saturated heterocycles. The van der Waals surface area contributed by atoms with Gasteiger partial charge < -0.3 is 5.73 Å². The van der Waals surface area contributed by atoms with Crippen molar-refractivity contribution in [1.82, 2.24) is 0 Å². The van der Waals surface area contributed by atoms with Gasteiger partial charge in [-0.1, -0.05) is 24.3 Å². The summed E-state index contributed by atoms with van der Waals surface area (Å²) >= 11 is 0. The van der Waals surface area contributed by atoms with E-state index in [2.05, 4.69) is 0 Å². The van der Waals surface area contributed by atoms with E-state index in [0.29, 0.717) is 18.4 Å². The van der Waals surface area contributed by atoms with Gasteiger partial charge in [0.15, 0.2) is 5.78 Å². The minimum Gasteiger partial charge on any atom is -0.369 e. The zero-order chi connectivity index (χ0) is 11.1. The fraction of sp³-hybridized carbons (Fsp3) is 0.333. The molecular formula is C12H13NO2. The predicted octanol–water partition coefficient (Wildman–Crippen LogP) is 1.41. The molecule has 1 aromatic rings. The lowest BCUT2D eigenvalue weighted by atomic mass is 9.70. The second-order valence-corrected chi connectivity index (χ2v) is 4.17. The van der Waals surface area contributed by atoms with Crippen molar-refractivity contribution in [2.75, 3.05) is 0 Å². The largest absolute Gasteiger partial charge is 0.369 e. The summed E-state index contributed by atoms with van der Waals surface area (Å²) in [4.78, 5) is 23.1. The molecule has 0 radical (unpaired) electrons. The lowest BCUT2D eigenvalue weighted by molar-refractivity contribution is -0.123. The Morgan fingerprint density at radius 3 is 2.73 bits per heavy atom. The SMILES string of the molecule is CC1(C(N)=O)CCC(=O)c2ccccc21. The Morgan fingerprint density at radius 2 is 2.07 bits per heavy atom. The number of fused-ring (bicyclic) bond motifs is 1. The van der Waals surface area contributed by atoms with Crippen LogP contribution in [0.2, 0.25) is 0 Å². The number of benzene rings is 1. The van der Waals surface area contributed by atoms with Gasteiger partial charge in [0.05, 0.1) is 5.41 Å². The fourth-order valence-electron chi connectivity index (χ4n) is 2.10. The number of hydrogen-bond acceptors (Lipinski definition) is 2. The van der Waals surface area contributed by atoms with Gasteiger partial charge >= 0.3 is 0 Å². The molecule has 1 unspecified atom stereocenters. The van der Waals surface area contributed by atoms with Gasteiger partial charge in [0.1, 0.15) is 0 Å². The molecule has 15 heavy (non-hydrogen) atoms. The van der Waals surface area contributed by atoms with E-state index in [9.17, 15) is 9.59 Å². The van der Waals surface area contributed by atoms with E-state index in [0.717, 1.165) is 5.56 Å². The fourth-order valence-corrected chi connectivity index (χ4v) is 2.10. The summed E-state index contributed by atoms with van der Waals surface area (Å²) in [6, 6.07) is 7.22. The van der Waals surface area contributed by atoms with Crippen molar-refractivity contribution in [3.05, 3.63) is 35.4 Å². The van der Waals surface area contributed by atoms with Crippen LogP contribution in [-0.4, -0.2) is 11.7 Å². The van der Waals surface area contributed by atoms with Crippen LogP contribution in [0.15, 0.2) is 24.3 Å². The molecule has 3 heteroatoms. The number of amides is 1. The summed E-state index contributed by atoms with van der Waals surface area (Å²) in [5.74, 6) is -0.258. The van der Waals surface area contributed by atoms with Crippen LogP contribution in [0.4, 0.5) is 0 Å². The van der Waals surface area contributed by atoms with Gasteiger partial charge in [-0.05, 0) is 18.9 Å². The first-order chi connectivity index (χ1) is 7.05. The molecular weight excluding hydrogens is 190 g/mol. The molecule has 0 bridgehead atoms. The lowest BCUT2D eigenvalue weighted by Gasteiger charge is -2.32. The standard InChI is InChI=1S/C12H13NO2/c1-12(11(13)15)7-6-10(14)8-4-2-3-5-9(8)12/h2-5H,6-7H2,1H3,(H2,13,15). The van der Waals surface area contributed by atoms with Crippen molar-refractivity contribution in [2.24, 2.45) is 5.73 Å². The molecule has 2 N–H and O–H groups in total. The summed E-state index contributed by atoms with van der Waals surface area (Å²) in [7, 11) is 0. The Morgan fingerprint density at radius 1 is 1.40 bits per heavy atom. The number of carbonyl (C=O) groups is 2. The number of hydrogen-bond donors (Lipinski definition) is 1. The third-order valence-corrected chi connectivity index (χ3v) is 3.22. The first-order valence-corrected chi connectivity index (χ1v) is 4.98. The quantitative estimate of drug-likeness (QED) is 0.750. The van der Waals surface area contributed by atoms with Gasteiger partial charge in [-0.15, -0.1) is 0 Å². The zero-order valence-corrected chi connectivity index (χ0v) is 8.62. The molecule has 0 aliphatic heterocycles. The molecule has 0 fully saturated rings. The monoisotopic (exact) mass is 203 g/mol. The van der Waals surface area contributed by atoms with Crippen LogP contribution in [-0.2, 0) is 10.2 Å². The van der Waals surface area contributed by atoms with Crippen LogP contribution in [0.25, 0.3) is 0 Å². The van der Waals surface area contributed by atoms with Gasteiger partial charge in [0.25, 0.3) is 0 Å². The van der Waals surface area contributed by atoms with Crippen molar-refractivity contribution in [2.45, 2.75) is 25.2 Å². The van der Waals surface area contributed by atoms with Crippen molar-refractivity contribution in [3.8, 4) is 0 Å². The number of rotatable bonds is 1. The predicted molar refractivity (Wildman–Crippen MR) is 56.6 cm³/mol. The van der Waals surface area contributed by atoms with E-state index in [4.69, 9.17) is 5.73 Å². The van der Waals surface area contributed by atoms with Crippen molar-refractivity contribution in [1.29, 1.82) is 0 Å². The van der Waals surface area contributed by atoms with Gasteiger partial charge in [-0.3, -0.25) is 9.59 Å². The second kappa shape index (κ2) is 3.19. The van der Waals surface area contributed by atoms with Crippen LogP contribution < -0.4 is 5.73 Å². The van der Waals surface area contributed by atoms with Gasteiger partial charge in [-0.2, -0.15) is 0 Å². The highest BCUT2D eigenvalue weighted by atomic mass is 16.1. The third kappa shape index (κ3) is 1.35. The summed E-state index contributed by atoms with van der Waals surface area (Å²) in [6.45, 7) is 1.81. The topological polar surface area (TPSA) is 60.2 Å². The number of primary amides is 1. The van der Waals surface area contributed by atoms with E-state index in [-0.39, 0.29) is 11.7 Å². The Hall–Kier alpha value is -1.64. The maximum absolute atomic E-state index is 11.6. The molecule has 1 aliphatic carbocycles. The van der Waals surface area contributed by atoms with Crippen LogP contribution in [0, 0.1) is 0 Å². The third-order valence-electron chi connectivity index (χ3n) is 3.22. The molecule has 0 aromatic heterocycles. The number of ketones is 1. The number of nitrogens with two attached hydrogens (primary N) is 1. The molecule has 0 heterocycles. The van der Waals surface area contributed by atoms with E-state index < -0.39 is 5.41 Å². The summed E-state index contributed by atoms with van der Waals surface area (Å²) < 4.78 is 0. The normalized spacial score (nSPS) is 24.7. The van der Waals surface area contributed by atoms with Crippen LogP contribution in [0.5, 0.6) is 0 Å². The van der Waals surface area contributed by atoms with Crippen molar-refractivity contribution < 1.29 is 9.59 Å². The van der Waals surface area contributed by atoms with E-state index >= 15 is 0 Å². The van der Waals surface area contributed by atoms with Gasteiger partial charge in [0, 0.05) is 12.0 Å². The molecule has 0 saturated carbocycles. The molecule has 0 spiro atoms.